The standard InChI is InChI=1S/C17H23BrN2S/c1-3-19-17(14-6-8-15(18)9-7-14)10-11-20(2)13-16-5-4-12-21-16/h4-9,12,17,19H,3,10-11,13H2,1-2H3. The van der Waals surface area contributed by atoms with Crippen molar-refractivity contribution in [2.75, 3.05) is 20.1 Å². The van der Waals surface area contributed by atoms with Crippen LogP contribution in [0, 0.1) is 0 Å². The number of rotatable bonds is 8. The second-order valence-electron chi connectivity index (χ2n) is 5.27. The van der Waals surface area contributed by atoms with Crippen molar-refractivity contribution in [3.63, 3.8) is 0 Å². The summed E-state index contributed by atoms with van der Waals surface area (Å²) in [6, 6.07) is 13.4. The van der Waals surface area contributed by atoms with Crippen LogP contribution < -0.4 is 5.32 Å². The summed E-state index contributed by atoms with van der Waals surface area (Å²) >= 11 is 5.33. The van der Waals surface area contributed by atoms with Gasteiger partial charge >= 0.3 is 0 Å². The Balaban J connectivity index is 1.88. The summed E-state index contributed by atoms with van der Waals surface area (Å²) in [5, 5.41) is 5.74. The van der Waals surface area contributed by atoms with Gasteiger partial charge in [-0.3, -0.25) is 0 Å². The van der Waals surface area contributed by atoms with Crippen LogP contribution in [0.1, 0.15) is 29.8 Å². The van der Waals surface area contributed by atoms with Gasteiger partial charge in [-0.1, -0.05) is 41.1 Å². The summed E-state index contributed by atoms with van der Waals surface area (Å²) in [6.07, 6.45) is 1.12. The minimum absolute atomic E-state index is 0.425. The van der Waals surface area contributed by atoms with Crippen LogP contribution in [-0.4, -0.2) is 25.0 Å². The lowest BCUT2D eigenvalue weighted by Gasteiger charge is -2.22. The molecule has 0 aliphatic carbocycles. The van der Waals surface area contributed by atoms with E-state index < -0.39 is 0 Å². The molecule has 0 aliphatic heterocycles. The van der Waals surface area contributed by atoms with Crippen molar-refractivity contribution >= 4 is 27.3 Å². The van der Waals surface area contributed by atoms with E-state index in [2.05, 4.69) is 81.9 Å². The zero-order valence-corrected chi connectivity index (χ0v) is 15.1. The highest BCUT2D eigenvalue weighted by atomic mass is 79.9. The van der Waals surface area contributed by atoms with Crippen molar-refractivity contribution in [1.29, 1.82) is 0 Å². The molecule has 0 saturated heterocycles. The molecule has 114 valence electrons. The van der Waals surface area contributed by atoms with E-state index >= 15 is 0 Å². The maximum absolute atomic E-state index is 3.59. The van der Waals surface area contributed by atoms with Crippen molar-refractivity contribution in [2.24, 2.45) is 0 Å². The van der Waals surface area contributed by atoms with Crippen LogP contribution in [0.2, 0.25) is 0 Å². The summed E-state index contributed by atoms with van der Waals surface area (Å²) < 4.78 is 1.14. The van der Waals surface area contributed by atoms with Crippen LogP contribution in [0.15, 0.2) is 46.3 Å². The summed E-state index contributed by atoms with van der Waals surface area (Å²) in [6.45, 7) is 5.29. The normalized spacial score (nSPS) is 12.8. The van der Waals surface area contributed by atoms with Crippen LogP contribution >= 0.6 is 27.3 Å². The van der Waals surface area contributed by atoms with E-state index in [-0.39, 0.29) is 0 Å². The third-order valence-corrected chi connectivity index (χ3v) is 4.92. The third-order valence-electron chi connectivity index (χ3n) is 3.53. The van der Waals surface area contributed by atoms with Gasteiger partial charge < -0.3 is 10.2 Å². The zero-order valence-electron chi connectivity index (χ0n) is 12.7. The molecule has 2 rings (SSSR count). The highest BCUT2D eigenvalue weighted by molar-refractivity contribution is 9.10. The Morgan fingerprint density at radius 3 is 2.62 bits per heavy atom. The van der Waals surface area contributed by atoms with Gasteiger partial charge in [0, 0.05) is 28.5 Å². The average molecular weight is 367 g/mol. The predicted molar refractivity (Wildman–Crippen MR) is 95.8 cm³/mol. The summed E-state index contributed by atoms with van der Waals surface area (Å²) in [5.41, 5.74) is 1.37. The second-order valence-corrected chi connectivity index (χ2v) is 7.22. The molecule has 0 amide bonds. The van der Waals surface area contributed by atoms with Gasteiger partial charge in [0.05, 0.1) is 0 Å². The number of halogens is 1. The lowest BCUT2D eigenvalue weighted by atomic mass is 10.0. The maximum Gasteiger partial charge on any atom is 0.0332 e. The van der Waals surface area contributed by atoms with Crippen molar-refractivity contribution in [1.82, 2.24) is 10.2 Å². The van der Waals surface area contributed by atoms with E-state index in [0.29, 0.717) is 6.04 Å². The van der Waals surface area contributed by atoms with Gasteiger partial charge in [0.25, 0.3) is 0 Å². The fourth-order valence-electron chi connectivity index (χ4n) is 2.43. The average Bonchev–Trinajstić information content (AvgIpc) is 2.97. The highest BCUT2D eigenvalue weighted by Gasteiger charge is 2.11. The topological polar surface area (TPSA) is 15.3 Å². The Morgan fingerprint density at radius 1 is 1.24 bits per heavy atom. The molecule has 0 saturated carbocycles. The SMILES string of the molecule is CCNC(CCN(C)Cc1cccs1)c1ccc(Br)cc1. The molecule has 1 aromatic heterocycles. The molecule has 21 heavy (non-hydrogen) atoms. The van der Waals surface area contributed by atoms with Crippen molar-refractivity contribution in [3.8, 4) is 0 Å². The molecular weight excluding hydrogens is 344 g/mol. The zero-order chi connectivity index (χ0) is 15.1. The molecule has 0 radical (unpaired) electrons. The van der Waals surface area contributed by atoms with Gasteiger partial charge in [-0.05, 0) is 49.2 Å². The van der Waals surface area contributed by atoms with Gasteiger partial charge in [-0.15, -0.1) is 11.3 Å². The number of nitrogens with zero attached hydrogens (tertiary/aromatic N) is 1. The molecule has 1 atom stereocenters. The van der Waals surface area contributed by atoms with Crippen molar-refractivity contribution in [3.05, 3.63) is 56.7 Å². The van der Waals surface area contributed by atoms with Gasteiger partial charge in [0.1, 0.15) is 0 Å². The molecule has 0 bridgehead atoms. The van der Waals surface area contributed by atoms with Crippen LogP contribution in [0.25, 0.3) is 0 Å². The van der Waals surface area contributed by atoms with Crippen LogP contribution in [0.5, 0.6) is 0 Å². The molecule has 1 heterocycles. The number of thiophene rings is 1. The first-order chi connectivity index (χ1) is 10.2. The smallest absolute Gasteiger partial charge is 0.0332 e. The molecule has 2 nitrogen and oxygen atoms in total. The summed E-state index contributed by atoms with van der Waals surface area (Å²) in [4.78, 5) is 3.83. The van der Waals surface area contributed by atoms with Crippen LogP contribution in [-0.2, 0) is 6.54 Å². The fourth-order valence-corrected chi connectivity index (χ4v) is 3.47. The van der Waals surface area contributed by atoms with Gasteiger partial charge in [0.2, 0.25) is 0 Å². The first-order valence-electron chi connectivity index (χ1n) is 7.38. The second kappa shape index (κ2) is 8.69. The highest BCUT2D eigenvalue weighted by Crippen LogP contribution is 2.20. The largest absolute Gasteiger partial charge is 0.310 e. The Hall–Kier alpha value is -0.680. The van der Waals surface area contributed by atoms with E-state index in [9.17, 15) is 0 Å². The van der Waals surface area contributed by atoms with Crippen molar-refractivity contribution < 1.29 is 0 Å². The van der Waals surface area contributed by atoms with E-state index in [1.165, 1.54) is 10.4 Å². The Bertz CT molecular complexity index is 510. The van der Waals surface area contributed by atoms with E-state index in [1.54, 1.807) is 0 Å². The minimum Gasteiger partial charge on any atom is -0.310 e. The molecule has 0 fully saturated rings. The number of hydrogen-bond donors (Lipinski definition) is 1. The fraction of sp³-hybridized carbons (Fsp3) is 0.412. The van der Waals surface area contributed by atoms with E-state index in [0.717, 1.165) is 30.5 Å². The quantitative estimate of drug-likeness (QED) is 0.729. The molecule has 1 N–H and O–H groups in total. The molecular formula is C17H23BrN2S. The lowest BCUT2D eigenvalue weighted by molar-refractivity contribution is 0.303. The molecule has 1 unspecified atom stereocenters. The predicted octanol–water partition coefficient (Wildman–Crippen LogP) is 4.68. The van der Waals surface area contributed by atoms with Gasteiger partial charge in [-0.2, -0.15) is 0 Å². The number of nitrogens with one attached hydrogen (secondary N) is 1. The van der Waals surface area contributed by atoms with Gasteiger partial charge in [-0.25, -0.2) is 0 Å². The molecule has 0 aliphatic rings. The Morgan fingerprint density at radius 2 is 2.00 bits per heavy atom. The Labute approximate surface area is 140 Å². The van der Waals surface area contributed by atoms with Crippen LogP contribution in [0.3, 0.4) is 0 Å². The first kappa shape index (κ1) is 16.7. The minimum atomic E-state index is 0.425. The number of benzene rings is 1. The summed E-state index contributed by atoms with van der Waals surface area (Å²) in [7, 11) is 2.20. The third kappa shape index (κ3) is 5.55. The maximum atomic E-state index is 3.59. The lowest BCUT2D eigenvalue weighted by Crippen LogP contribution is -2.27. The Kier molecular flexibility index (Phi) is 6.90. The molecule has 4 heteroatoms. The number of hydrogen-bond acceptors (Lipinski definition) is 3. The molecule has 0 spiro atoms. The summed E-state index contributed by atoms with van der Waals surface area (Å²) in [5.74, 6) is 0. The monoisotopic (exact) mass is 366 g/mol. The first-order valence-corrected chi connectivity index (χ1v) is 9.06. The van der Waals surface area contributed by atoms with Crippen LogP contribution in [0.4, 0.5) is 0 Å². The van der Waals surface area contributed by atoms with E-state index in [1.807, 2.05) is 11.3 Å². The van der Waals surface area contributed by atoms with Gasteiger partial charge in [0.15, 0.2) is 0 Å². The molecule has 2 aromatic rings. The van der Waals surface area contributed by atoms with E-state index in [4.69, 9.17) is 0 Å². The molecule has 1 aromatic carbocycles. The van der Waals surface area contributed by atoms with Crippen molar-refractivity contribution in [2.45, 2.75) is 25.9 Å².